The quantitative estimate of drug-likeness (QED) is 0.773. The molecule has 0 saturated carbocycles. The molecule has 0 radical (unpaired) electrons. The largest absolute Gasteiger partial charge is 0.483 e. The second-order valence-electron chi connectivity index (χ2n) is 6.40. The zero-order valence-electron chi connectivity index (χ0n) is 14.1. The monoisotopic (exact) mass is 339 g/mol. The van der Waals surface area contributed by atoms with E-state index in [1.807, 2.05) is 49.5 Å². The van der Waals surface area contributed by atoms with E-state index in [-0.39, 0.29) is 6.10 Å². The predicted octanol–water partition coefficient (Wildman–Crippen LogP) is 2.30. The van der Waals surface area contributed by atoms with Gasteiger partial charge in [0.05, 0.1) is 18.9 Å². The number of nitrogens with zero attached hydrogens (tertiary/aromatic N) is 3. The predicted molar refractivity (Wildman–Crippen MR) is 93.1 cm³/mol. The number of hydrogen-bond acceptors (Lipinski definition) is 5. The van der Waals surface area contributed by atoms with Crippen molar-refractivity contribution >= 4 is 0 Å². The Morgan fingerprint density at radius 2 is 2.04 bits per heavy atom. The first kappa shape index (κ1) is 15.9. The summed E-state index contributed by atoms with van der Waals surface area (Å²) in [7, 11) is 1.84. The highest BCUT2D eigenvalue weighted by Gasteiger charge is 2.33. The second kappa shape index (κ2) is 6.74. The number of benzene rings is 1. The Morgan fingerprint density at radius 1 is 1.20 bits per heavy atom. The molecule has 3 aromatic rings. The Bertz CT molecular complexity index is 827. The fourth-order valence-electron chi connectivity index (χ4n) is 3.15. The molecule has 4 rings (SSSR count). The van der Waals surface area contributed by atoms with Crippen LogP contribution in [0, 0.1) is 0 Å². The maximum atomic E-state index is 10.3. The van der Waals surface area contributed by atoms with Crippen LogP contribution < -0.4 is 4.74 Å². The zero-order valence-corrected chi connectivity index (χ0v) is 14.1. The highest BCUT2D eigenvalue weighted by Crippen LogP contribution is 2.24. The number of β-amino-alcohol motifs (C(OH)–C–C–N with tert-alkyl or cyclic N) is 1. The average molecular weight is 339 g/mol. The molecule has 1 aliphatic rings. The summed E-state index contributed by atoms with van der Waals surface area (Å²) < 4.78 is 13.5. The van der Waals surface area contributed by atoms with Gasteiger partial charge in [-0.25, -0.2) is 0 Å². The Morgan fingerprint density at radius 3 is 2.80 bits per heavy atom. The summed E-state index contributed by atoms with van der Waals surface area (Å²) in [5.41, 5.74) is 1.06. The van der Waals surface area contributed by atoms with Gasteiger partial charge < -0.3 is 14.3 Å². The van der Waals surface area contributed by atoms with Gasteiger partial charge in [0.1, 0.15) is 23.7 Å². The molecule has 1 saturated heterocycles. The molecular weight excluding hydrogens is 318 g/mol. The highest BCUT2D eigenvalue weighted by molar-refractivity contribution is 5.57. The van der Waals surface area contributed by atoms with Crippen molar-refractivity contribution in [1.82, 2.24) is 14.7 Å². The second-order valence-corrected chi connectivity index (χ2v) is 6.40. The number of ether oxygens (including phenoxy) is 1. The molecule has 130 valence electrons. The van der Waals surface area contributed by atoms with Crippen LogP contribution in [0.25, 0.3) is 11.3 Å². The van der Waals surface area contributed by atoms with Gasteiger partial charge in [-0.1, -0.05) is 30.3 Å². The first-order chi connectivity index (χ1) is 12.2. The first-order valence-corrected chi connectivity index (χ1v) is 8.37. The van der Waals surface area contributed by atoms with E-state index in [4.69, 9.17) is 9.15 Å². The van der Waals surface area contributed by atoms with Crippen molar-refractivity contribution in [2.75, 3.05) is 13.1 Å². The van der Waals surface area contributed by atoms with Crippen molar-refractivity contribution in [3.8, 4) is 17.1 Å². The summed E-state index contributed by atoms with van der Waals surface area (Å²) in [5, 5.41) is 14.3. The molecular formula is C19H21N3O3. The summed E-state index contributed by atoms with van der Waals surface area (Å²) in [5.74, 6) is 2.42. The van der Waals surface area contributed by atoms with Crippen molar-refractivity contribution in [3.63, 3.8) is 0 Å². The summed E-state index contributed by atoms with van der Waals surface area (Å²) in [6.45, 7) is 1.86. The molecule has 6 nitrogen and oxygen atoms in total. The average Bonchev–Trinajstić information content (AvgIpc) is 3.31. The number of furan rings is 1. The Hall–Kier alpha value is -2.57. The number of aliphatic hydroxyl groups excluding tert-OH is 1. The molecule has 0 unspecified atom stereocenters. The van der Waals surface area contributed by atoms with Gasteiger partial charge in [0.15, 0.2) is 5.75 Å². The SMILES string of the molecule is Cn1cc(O[C@@H]2CN(Cc3ccc(-c4ccccc4)o3)C[C@H]2O)cn1. The zero-order chi connectivity index (χ0) is 17.2. The summed E-state index contributed by atoms with van der Waals surface area (Å²) in [6.07, 6.45) is 2.68. The molecule has 1 fully saturated rings. The fourth-order valence-corrected chi connectivity index (χ4v) is 3.15. The normalized spacial score (nSPS) is 20.9. The minimum absolute atomic E-state index is 0.257. The van der Waals surface area contributed by atoms with Gasteiger partial charge in [-0.3, -0.25) is 9.58 Å². The molecule has 1 aromatic carbocycles. The van der Waals surface area contributed by atoms with Crippen molar-refractivity contribution in [2.24, 2.45) is 7.05 Å². The molecule has 6 heteroatoms. The number of hydrogen-bond donors (Lipinski definition) is 1. The number of aromatic nitrogens is 2. The molecule has 0 spiro atoms. The van der Waals surface area contributed by atoms with Gasteiger partial charge in [0.25, 0.3) is 0 Å². The number of likely N-dealkylation sites (tertiary alicyclic amines) is 1. The molecule has 0 aliphatic carbocycles. The molecule has 1 aliphatic heterocycles. The lowest BCUT2D eigenvalue weighted by atomic mass is 10.2. The third kappa shape index (κ3) is 3.60. The maximum absolute atomic E-state index is 10.3. The fraction of sp³-hybridized carbons (Fsp3) is 0.316. The van der Waals surface area contributed by atoms with E-state index in [0.29, 0.717) is 25.4 Å². The Balaban J connectivity index is 1.38. The van der Waals surface area contributed by atoms with E-state index in [0.717, 1.165) is 17.1 Å². The molecule has 0 amide bonds. The third-order valence-electron chi connectivity index (χ3n) is 4.38. The van der Waals surface area contributed by atoms with E-state index in [9.17, 15) is 5.11 Å². The minimum atomic E-state index is -0.524. The van der Waals surface area contributed by atoms with Gasteiger partial charge in [0.2, 0.25) is 0 Å². The van der Waals surface area contributed by atoms with E-state index in [2.05, 4.69) is 10.00 Å². The standard InChI is InChI=1S/C19H21N3O3/c1-21-10-16(9-20-21)25-19-13-22(12-17(19)23)11-15-7-8-18(24-15)14-5-3-2-4-6-14/h2-10,17,19,23H,11-13H2,1H3/t17-,19-/m1/s1. The number of aliphatic hydroxyl groups is 1. The van der Waals surface area contributed by atoms with Gasteiger partial charge in [-0.05, 0) is 12.1 Å². The lowest BCUT2D eigenvalue weighted by Gasteiger charge is -2.15. The van der Waals surface area contributed by atoms with Crippen LogP contribution in [0.3, 0.4) is 0 Å². The van der Waals surface area contributed by atoms with Crippen LogP contribution in [0.2, 0.25) is 0 Å². The number of aryl methyl sites for hydroxylation is 1. The van der Waals surface area contributed by atoms with Crippen molar-refractivity contribution in [1.29, 1.82) is 0 Å². The summed E-state index contributed by atoms with van der Waals surface area (Å²) in [6, 6.07) is 14.0. The van der Waals surface area contributed by atoms with Gasteiger partial charge in [-0.15, -0.1) is 0 Å². The van der Waals surface area contributed by atoms with Crippen LogP contribution in [-0.4, -0.2) is 45.1 Å². The molecule has 1 N–H and O–H groups in total. The summed E-state index contributed by atoms with van der Waals surface area (Å²) >= 11 is 0. The van der Waals surface area contributed by atoms with Gasteiger partial charge in [-0.2, -0.15) is 5.10 Å². The van der Waals surface area contributed by atoms with Crippen molar-refractivity contribution in [2.45, 2.75) is 18.8 Å². The topological polar surface area (TPSA) is 63.7 Å². The van der Waals surface area contributed by atoms with Gasteiger partial charge >= 0.3 is 0 Å². The van der Waals surface area contributed by atoms with Crippen LogP contribution in [0.15, 0.2) is 59.3 Å². The lowest BCUT2D eigenvalue weighted by molar-refractivity contribution is 0.0736. The number of rotatable bonds is 5. The molecule has 0 bridgehead atoms. The lowest BCUT2D eigenvalue weighted by Crippen LogP contribution is -2.29. The minimum Gasteiger partial charge on any atom is -0.483 e. The highest BCUT2D eigenvalue weighted by atomic mass is 16.5. The Kier molecular flexibility index (Phi) is 4.29. The van der Waals surface area contributed by atoms with E-state index >= 15 is 0 Å². The van der Waals surface area contributed by atoms with Crippen molar-refractivity contribution in [3.05, 3.63) is 60.6 Å². The van der Waals surface area contributed by atoms with Crippen LogP contribution in [0.4, 0.5) is 0 Å². The first-order valence-electron chi connectivity index (χ1n) is 8.37. The third-order valence-corrected chi connectivity index (χ3v) is 4.38. The molecule has 3 heterocycles. The smallest absolute Gasteiger partial charge is 0.157 e. The van der Waals surface area contributed by atoms with Crippen LogP contribution >= 0.6 is 0 Å². The van der Waals surface area contributed by atoms with E-state index < -0.39 is 6.10 Å². The molecule has 2 atom stereocenters. The Labute approximate surface area is 146 Å². The van der Waals surface area contributed by atoms with Crippen LogP contribution in [-0.2, 0) is 13.6 Å². The van der Waals surface area contributed by atoms with Gasteiger partial charge in [0, 0.05) is 25.7 Å². The molecule has 25 heavy (non-hydrogen) atoms. The van der Waals surface area contributed by atoms with E-state index in [1.165, 1.54) is 0 Å². The van der Waals surface area contributed by atoms with Crippen molar-refractivity contribution < 1.29 is 14.3 Å². The van der Waals surface area contributed by atoms with Crippen LogP contribution in [0.1, 0.15) is 5.76 Å². The van der Waals surface area contributed by atoms with E-state index in [1.54, 1.807) is 17.1 Å². The maximum Gasteiger partial charge on any atom is 0.157 e. The molecule has 2 aromatic heterocycles. The van der Waals surface area contributed by atoms with Crippen LogP contribution in [0.5, 0.6) is 5.75 Å². The summed E-state index contributed by atoms with van der Waals surface area (Å²) in [4.78, 5) is 2.14.